The highest BCUT2D eigenvalue weighted by Gasteiger charge is 2.08. The number of benzene rings is 1. The molecule has 0 atom stereocenters. The van der Waals surface area contributed by atoms with Crippen molar-refractivity contribution in [1.29, 1.82) is 0 Å². The SMILES string of the molecule is CCc1ccc(OCc2nc(Cc3cccs3)no2)cc1. The van der Waals surface area contributed by atoms with Crippen molar-refractivity contribution in [2.24, 2.45) is 0 Å². The van der Waals surface area contributed by atoms with Gasteiger partial charge in [0.05, 0.1) is 0 Å². The predicted octanol–water partition coefficient (Wildman–Crippen LogP) is 3.86. The van der Waals surface area contributed by atoms with Crippen molar-refractivity contribution in [3.05, 3.63) is 63.9 Å². The van der Waals surface area contributed by atoms with E-state index in [2.05, 4.69) is 35.3 Å². The molecule has 0 spiro atoms. The van der Waals surface area contributed by atoms with Gasteiger partial charge in [-0.25, -0.2) is 0 Å². The summed E-state index contributed by atoms with van der Waals surface area (Å²) in [5.74, 6) is 2.00. The van der Waals surface area contributed by atoms with Gasteiger partial charge in [-0.2, -0.15) is 4.98 Å². The van der Waals surface area contributed by atoms with Crippen molar-refractivity contribution >= 4 is 11.3 Å². The molecule has 0 saturated carbocycles. The summed E-state index contributed by atoms with van der Waals surface area (Å²) in [5.41, 5.74) is 1.29. The molecule has 5 heteroatoms. The lowest BCUT2D eigenvalue weighted by Crippen LogP contribution is -1.96. The largest absolute Gasteiger partial charge is 0.484 e. The molecule has 0 bridgehead atoms. The average Bonchev–Trinajstić information content (AvgIpc) is 3.18. The molecule has 4 nitrogen and oxygen atoms in total. The standard InChI is InChI=1S/C16H16N2O2S/c1-2-12-5-7-13(8-6-12)19-11-16-17-15(18-20-16)10-14-4-3-9-21-14/h3-9H,2,10-11H2,1H3. The Hall–Kier alpha value is -2.14. The molecule has 0 aliphatic rings. The van der Waals surface area contributed by atoms with Crippen LogP contribution in [0.25, 0.3) is 0 Å². The van der Waals surface area contributed by atoms with Crippen LogP contribution in [0.3, 0.4) is 0 Å². The van der Waals surface area contributed by atoms with E-state index in [-0.39, 0.29) is 0 Å². The highest BCUT2D eigenvalue weighted by Crippen LogP contribution is 2.15. The Labute approximate surface area is 127 Å². The van der Waals surface area contributed by atoms with Gasteiger partial charge in [0.1, 0.15) is 5.75 Å². The molecular formula is C16H16N2O2S. The maximum absolute atomic E-state index is 5.65. The van der Waals surface area contributed by atoms with Gasteiger partial charge in [0, 0.05) is 11.3 Å². The third-order valence-electron chi connectivity index (χ3n) is 3.12. The number of rotatable bonds is 6. The van der Waals surface area contributed by atoms with E-state index in [1.807, 2.05) is 23.6 Å². The van der Waals surface area contributed by atoms with E-state index in [9.17, 15) is 0 Å². The molecule has 2 aromatic heterocycles. The van der Waals surface area contributed by atoms with Gasteiger partial charge in [-0.1, -0.05) is 30.3 Å². The van der Waals surface area contributed by atoms with Gasteiger partial charge in [0.2, 0.25) is 0 Å². The summed E-state index contributed by atoms with van der Waals surface area (Å²) < 4.78 is 10.8. The van der Waals surface area contributed by atoms with Crippen LogP contribution in [0.5, 0.6) is 5.75 Å². The van der Waals surface area contributed by atoms with E-state index in [0.29, 0.717) is 24.7 Å². The van der Waals surface area contributed by atoms with Gasteiger partial charge in [-0.3, -0.25) is 0 Å². The van der Waals surface area contributed by atoms with Crippen LogP contribution in [0.1, 0.15) is 29.1 Å². The van der Waals surface area contributed by atoms with Crippen molar-refractivity contribution in [3.8, 4) is 5.75 Å². The third kappa shape index (κ3) is 3.70. The summed E-state index contributed by atoms with van der Waals surface area (Å²) >= 11 is 1.69. The third-order valence-corrected chi connectivity index (χ3v) is 3.99. The Bertz CT molecular complexity index is 675. The second kappa shape index (κ2) is 6.54. The molecule has 0 aliphatic carbocycles. The first-order valence-electron chi connectivity index (χ1n) is 6.89. The number of hydrogen-bond donors (Lipinski definition) is 0. The first-order valence-corrected chi connectivity index (χ1v) is 7.77. The van der Waals surface area contributed by atoms with Crippen LogP contribution in [0.2, 0.25) is 0 Å². The lowest BCUT2D eigenvalue weighted by Gasteiger charge is -2.03. The summed E-state index contributed by atoms with van der Waals surface area (Å²) in [5, 5.41) is 6.01. The highest BCUT2D eigenvalue weighted by molar-refractivity contribution is 7.09. The number of thiophene rings is 1. The predicted molar refractivity (Wildman–Crippen MR) is 81.6 cm³/mol. The zero-order valence-electron chi connectivity index (χ0n) is 11.8. The lowest BCUT2D eigenvalue weighted by atomic mass is 10.2. The molecule has 0 N–H and O–H groups in total. The molecule has 3 rings (SSSR count). The first-order chi connectivity index (χ1) is 10.3. The molecule has 0 amide bonds. The molecule has 3 aromatic rings. The summed E-state index contributed by atoms with van der Waals surface area (Å²) in [6.07, 6.45) is 1.72. The molecule has 0 unspecified atom stereocenters. The van der Waals surface area contributed by atoms with Crippen LogP contribution in [-0.4, -0.2) is 10.1 Å². The fourth-order valence-electron chi connectivity index (χ4n) is 1.96. The molecule has 2 heterocycles. The molecule has 21 heavy (non-hydrogen) atoms. The van der Waals surface area contributed by atoms with Gasteiger partial charge >= 0.3 is 0 Å². The van der Waals surface area contributed by atoms with Crippen LogP contribution >= 0.6 is 11.3 Å². The van der Waals surface area contributed by atoms with Crippen molar-refractivity contribution in [3.63, 3.8) is 0 Å². The van der Waals surface area contributed by atoms with Gasteiger partial charge in [-0.05, 0) is 35.6 Å². The summed E-state index contributed by atoms with van der Waals surface area (Å²) in [4.78, 5) is 5.56. The van der Waals surface area contributed by atoms with Crippen LogP contribution in [-0.2, 0) is 19.4 Å². The molecule has 1 aromatic carbocycles. The number of hydrogen-bond acceptors (Lipinski definition) is 5. The quantitative estimate of drug-likeness (QED) is 0.693. The lowest BCUT2D eigenvalue weighted by molar-refractivity contribution is 0.242. The molecule has 0 fully saturated rings. The zero-order chi connectivity index (χ0) is 14.5. The van der Waals surface area contributed by atoms with E-state index in [1.165, 1.54) is 10.4 Å². The minimum absolute atomic E-state index is 0.295. The van der Waals surface area contributed by atoms with Gasteiger partial charge < -0.3 is 9.26 Å². The maximum atomic E-state index is 5.65. The van der Waals surface area contributed by atoms with Crippen LogP contribution in [0.4, 0.5) is 0 Å². The van der Waals surface area contributed by atoms with Crippen LogP contribution in [0, 0.1) is 0 Å². The summed E-state index contributed by atoms with van der Waals surface area (Å²) in [6.45, 7) is 2.42. The molecular weight excluding hydrogens is 284 g/mol. The van der Waals surface area contributed by atoms with E-state index in [0.717, 1.165) is 12.2 Å². The van der Waals surface area contributed by atoms with Gasteiger partial charge in [0.15, 0.2) is 12.4 Å². The average molecular weight is 300 g/mol. The smallest absolute Gasteiger partial charge is 0.264 e. The Morgan fingerprint density at radius 1 is 1.19 bits per heavy atom. The van der Waals surface area contributed by atoms with E-state index in [4.69, 9.17) is 9.26 Å². The topological polar surface area (TPSA) is 48.2 Å². The molecule has 0 aliphatic heterocycles. The van der Waals surface area contributed by atoms with Crippen molar-refractivity contribution in [2.75, 3.05) is 0 Å². The molecule has 0 saturated heterocycles. The minimum atomic E-state index is 0.295. The number of nitrogens with zero attached hydrogens (tertiary/aromatic N) is 2. The number of aryl methyl sites for hydroxylation is 1. The summed E-state index contributed by atoms with van der Waals surface area (Å²) in [7, 11) is 0. The van der Waals surface area contributed by atoms with Gasteiger partial charge in [0.25, 0.3) is 5.89 Å². The van der Waals surface area contributed by atoms with Crippen molar-refractivity contribution in [1.82, 2.24) is 10.1 Å². The Balaban J connectivity index is 1.56. The normalized spacial score (nSPS) is 10.7. The fraction of sp³-hybridized carbons (Fsp3) is 0.250. The Kier molecular flexibility index (Phi) is 4.31. The number of aromatic nitrogens is 2. The maximum Gasteiger partial charge on any atom is 0.264 e. The fourth-order valence-corrected chi connectivity index (χ4v) is 2.66. The van der Waals surface area contributed by atoms with E-state index >= 15 is 0 Å². The highest BCUT2D eigenvalue weighted by atomic mass is 32.1. The molecule has 0 radical (unpaired) electrons. The van der Waals surface area contributed by atoms with Crippen molar-refractivity contribution < 1.29 is 9.26 Å². The van der Waals surface area contributed by atoms with E-state index in [1.54, 1.807) is 11.3 Å². The zero-order valence-corrected chi connectivity index (χ0v) is 12.6. The second-order valence-electron chi connectivity index (χ2n) is 4.65. The first kappa shape index (κ1) is 13.8. The second-order valence-corrected chi connectivity index (χ2v) is 5.68. The van der Waals surface area contributed by atoms with Gasteiger partial charge in [-0.15, -0.1) is 11.3 Å². The minimum Gasteiger partial charge on any atom is -0.484 e. The van der Waals surface area contributed by atoms with E-state index < -0.39 is 0 Å². The van der Waals surface area contributed by atoms with Crippen LogP contribution in [0.15, 0.2) is 46.3 Å². The Morgan fingerprint density at radius 2 is 2.05 bits per heavy atom. The van der Waals surface area contributed by atoms with Crippen LogP contribution < -0.4 is 4.74 Å². The number of ether oxygens (including phenoxy) is 1. The van der Waals surface area contributed by atoms with Crippen molar-refractivity contribution in [2.45, 2.75) is 26.4 Å². The monoisotopic (exact) mass is 300 g/mol. The molecule has 108 valence electrons. The Morgan fingerprint density at radius 3 is 2.76 bits per heavy atom. The summed E-state index contributed by atoms with van der Waals surface area (Å²) in [6, 6.07) is 12.1.